The van der Waals surface area contributed by atoms with E-state index in [0.29, 0.717) is 23.2 Å². The molecule has 1 heterocycles. The van der Waals surface area contributed by atoms with Gasteiger partial charge in [-0.2, -0.15) is 4.98 Å². The number of methoxy groups -OCH3 is 1. The van der Waals surface area contributed by atoms with Gasteiger partial charge in [0.25, 0.3) is 5.91 Å². The molecule has 1 atom stereocenters. The molecule has 0 saturated carbocycles. The van der Waals surface area contributed by atoms with E-state index in [-0.39, 0.29) is 12.5 Å². The molecule has 7 nitrogen and oxygen atoms in total. The summed E-state index contributed by atoms with van der Waals surface area (Å²) in [5.74, 6) is 1.91. The van der Waals surface area contributed by atoms with Gasteiger partial charge >= 0.3 is 0 Å². The van der Waals surface area contributed by atoms with Gasteiger partial charge in [-0.1, -0.05) is 42.4 Å². The van der Waals surface area contributed by atoms with Gasteiger partial charge in [0.1, 0.15) is 11.5 Å². The quantitative estimate of drug-likeness (QED) is 0.644. The van der Waals surface area contributed by atoms with Crippen LogP contribution in [-0.2, 0) is 17.8 Å². The number of ether oxygens (including phenoxy) is 2. The predicted octanol–water partition coefficient (Wildman–Crippen LogP) is 3.39. The van der Waals surface area contributed by atoms with E-state index in [2.05, 4.69) is 15.5 Å². The van der Waals surface area contributed by atoms with E-state index >= 15 is 0 Å². The fraction of sp³-hybridized carbons (Fsp3) is 0.286. The fourth-order valence-corrected chi connectivity index (χ4v) is 2.67. The lowest BCUT2D eigenvalue weighted by Crippen LogP contribution is -2.36. The molecule has 1 amide bonds. The molecule has 0 aliphatic carbocycles. The van der Waals surface area contributed by atoms with E-state index in [1.807, 2.05) is 55.5 Å². The first-order valence-electron chi connectivity index (χ1n) is 9.10. The summed E-state index contributed by atoms with van der Waals surface area (Å²) < 4.78 is 16.2. The summed E-state index contributed by atoms with van der Waals surface area (Å²) in [4.78, 5) is 16.6. The molecule has 3 aromatic rings. The van der Waals surface area contributed by atoms with Crippen LogP contribution in [-0.4, -0.2) is 29.3 Å². The first-order valence-corrected chi connectivity index (χ1v) is 9.10. The summed E-state index contributed by atoms with van der Waals surface area (Å²) in [5.41, 5.74) is 1.83. The Morgan fingerprint density at radius 2 is 2.04 bits per heavy atom. The highest BCUT2D eigenvalue weighted by Crippen LogP contribution is 2.21. The Kier molecular flexibility index (Phi) is 6.26. The minimum atomic E-state index is -0.645. The second kappa shape index (κ2) is 9.03. The van der Waals surface area contributed by atoms with Gasteiger partial charge in [-0.15, -0.1) is 0 Å². The van der Waals surface area contributed by atoms with Crippen molar-refractivity contribution < 1.29 is 18.8 Å². The molecule has 1 aromatic heterocycles. The van der Waals surface area contributed by atoms with Crippen molar-refractivity contribution in [1.29, 1.82) is 0 Å². The number of amides is 1. The summed E-state index contributed by atoms with van der Waals surface area (Å²) in [7, 11) is 1.60. The molecule has 0 aliphatic rings. The lowest BCUT2D eigenvalue weighted by molar-refractivity contribution is -0.127. The molecule has 0 spiro atoms. The van der Waals surface area contributed by atoms with Crippen LogP contribution in [0.1, 0.15) is 25.3 Å². The van der Waals surface area contributed by atoms with Gasteiger partial charge in [-0.05, 0) is 37.1 Å². The van der Waals surface area contributed by atoms with E-state index in [4.69, 9.17) is 14.0 Å². The van der Waals surface area contributed by atoms with Crippen LogP contribution in [0.2, 0.25) is 0 Å². The topological polar surface area (TPSA) is 86.5 Å². The standard InChI is InChI=1S/C21H23N3O4/c1-4-15-8-5-6-11-18(15)27-14(2)21(25)22-13-19-23-20(24-28-19)16-9-7-10-17(12-16)26-3/h5-12,14H,4,13H2,1-3H3,(H,22,25)/t14-/m1/s1. The summed E-state index contributed by atoms with van der Waals surface area (Å²) in [5, 5.41) is 6.71. The molecule has 1 N–H and O–H groups in total. The van der Waals surface area contributed by atoms with Gasteiger partial charge in [0, 0.05) is 5.56 Å². The average Bonchev–Trinajstić information content (AvgIpc) is 3.21. The Morgan fingerprint density at radius 3 is 2.82 bits per heavy atom. The Hall–Kier alpha value is -3.35. The summed E-state index contributed by atoms with van der Waals surface area (Å²) in [6.07, 6.45) is 0.188. The van der Waals surface area contributed by atoms with Gasteiger partial charge in [-0.25, -0.2) is 0 Å². The summed E-state index contributed by atoms with van der Waals surface area (Å²) in [6.45, 7) is 3.87. The number of para-hydroxylation sites is 1. The van der Waals surface area contributed by atoms with Crippen molar-refractivity contribution in [3.05, 3.63) is 60.0 Å². The SMILES string of the molecule is CCc1ccccc1O[C@H](C)C(=O)NCc1nc(-c2cccc(OC)c2)no1. The zero-order valence-electron chi connectivity index (χ0n) is 16.1. The molecule has 0 radical (unpaired) electrons. The van der Waals surface area contributed by atoms with Crippen LogP contribution in [0.3, 0.4) is 0 Å². The predicted molar refractivity (Wildman–Crippen MR) is 104 cm³/mol. The van der Waals surface area contributed by atoms with E-state index in [1.165, 1.54) is 0 Å². The molecular weight excluding hydrogens is 358 g/mol. The number of carbonyl (C=O) groups is 1. The smallest absolute Gasteiger partial charge is 0.261 e. The maximum atomic E-state index is 12.3. The maximum absolute atomic E-state index is 12.3. The van der Waals surface area contributed by atoms with Crippen LogP contribution in [0.25, 0.3) is 11.4 Å². The minimum Gasteiger partial charge on any atom is -0.497 e. The van der Waals surface area contributed by atoms with Crippen LogP contribution in [0.15, 0.2) is 53.1 Å². The van der Waals surface area contributed by atoms with E-state index in [9.17, 15) is 4.79 Å². The third-order valence-electron chi connectivity index (χ3n) is 4.24. The van der Waals surface area contributed by atoms with Crippen LogP contribution in [0, 0.1) is 0 Å². The molecule has 0 fully saturated rings. The third kappa shape index (κ3) is 4.68. The number of benzene rings is 2. The normalized spacial score (nSPS) is 11.7. The first kappa shape index (κ1) is 19.4. The number of nitrogens with one attached hydrogen (secondary N) is 1. The number of rotatable bonds is 8. The summed E-state index contributed by atoms with van der Waals surface area (Å²) in [6, 6.07) is 15.0. The molecule has 7 heteroatoms. The number of hydrogen-bond acceptors (Lipinski definition) is 6. The number of nitrogens with zero attached hydrogens (tertiary/aromatic N) is 2. The zero-order chi connectivity index (χ0) is 19.9. The van der Waals surface area contributed by atoms with Gasteiger partial charge < -0.3 is 19.3 Å². The van der Waals surface area contributed by atoms with Crippen molar-refractivity contribution in [2.45, 2.75) is 32.9 Å². The van der Waals surface area contributed by atoms with Gasteiger partial charge in [-0.3, -0.25) is 4.79 Å². The largest absolute Gasteiger partial charge is 0.497 e. The Labute approximate surface area is 163 Å². The van der Waals surface area contributed by atoms with E-state index < -0.39 is 6.10 Å². The molecule has 28 heavy (non-hydrogen) atoms. The average molecular weight is 381 g/mol. The molecule has 0 saturated heterocycles. The zero-order valence-corrected chi connectivity index (χ0v) is 16.1. The second-order valence-electron chi connectivity index (χ2n) is 6.18. The fourth-order valence-electron chi connectivity index (χ4n) is 2.67. The van der Waals surface area contributed by atoms with Gasteiger partial charge in [0.05, 0.1) is 13.7 Å². The van der Waals surface area contributed by atoms with Crippen molar-refractivity contribution in [2.75, 3.05) is 7.11 Å². The van der Waals surface area contributed by atoms with Crippen LogP contribution in [0.4, 0.5) is 0 Å². The van der Waals surface area contributed by atoms with Crippen molar-refractivity contribution in [2.24, 2.45) is 0 Å². The lowest BCUT2D eigenvalue weighted by atomic mass is 10.1. The Bertz CT molecular complexity index is 939. The second-order valence-corrected chi connectivity index (χ2v) is 6.18. The first-order chi connectivity index (χ1) is 13.6. The molecular formula is C21H23N3O4. The molecule has 146 valence electrons. The molecule has 0 bridgehead atoms. The Balaban J connectivity index is 1.58. The van der Waals surface area contributed by atoms with Crippen molar-refractivity contribution >= 4 is 5.91 Å². The van der Waals surface area contributed by atoms with Crippen molar-refractivity contribution in [3.63, 3.8) is 0 Å². The number of carbonyl (C=O) groups excluding carboxylic acids is 1. The highest BCUT2D eigenvalue weighted by Gasteiger charge is 2.17. The monoisotopic (exact) mass is 381 g/mol. The molecule has 0 aliphatic heterocycles. The van der Waals surface area contributed by atoms with E-state index in [1.54, 1.807) is 14.0 Å². The molecule has 0 unspecified atom stereocenters. The number of aryl methyl sites for hydroxylation is 1. The Morgan fingerprint density at radius 1 is 1.21 bits per heavy atom. The highest BCUT2D eigenvalue weighted by atomic mass is 16.5. The maximum Gasteiger partial charge on any atom is 0.261 e. The van der Waals surface area contributed by atoms with E-state index in [0.717, 1.165) is 17.5 Å². The summed E-state index contributed by atoms with van der Waals surface area (Å²) >= 11 is 0. The van der Waals surface area contributed by atoms with Crippen molar-refractivity contribution in [1.82, 2.24) is 15.5 Å². The van der Waals surface area contributed by atoms with Crippen molar-refractivity contribution in [3.8, 4) is 22.9 Å². The molecule has 3 rings (SSSR count). The highest BCUT2D eigenvalue weighted by molar-refractivity contribution is 5.80. The van der Waals surface area contributed by atoms with Crippen LogP contribution in [0.5, 0.6) is 11.5 Å². The van der Waals surface area contributed by atoms with Gasteiger partial charge in [0.2, 0.25) is 11.7 Å². The van der Waals surface area contributed by atoms with Crippen LogP contribution >= 0.6 is 0 Å². The number of hydrogen-bond donors (Lipinski definition) is 1. The minimum absolute atomic E-state index is 0.124. The van der Waals surface area contributed by atoms with Crippen LogP contribution < -0.4 is 14.8 Å². The third-order valence-corrected chi connectivity index (χ3v) is 4.24. The number of aromatic nitrogens is 2. The lowest BCUT2D eigenvalue weighted by Gasteiger charge is -2.16. The molecule has 2 aromatic carbocycles. The van der Waals surface area contributed by atoms with Gasteiger partial charge in [0.15, 0.2) is 6.10 Å².